The predicted octanol–water partition coefficient (Wildman–Crippen LogP) is 1.98. The number of rotatable bonds is 9. The first-order valence-electron chi connectivity index (χ1n) is 6.88. The van der Waals surface area contributed by atoms with E-state index in [1.165, 1.54) is 12.8 Å². The fraction of sp³-hybridized carbons (Fsp3) is 1.00. The Morgan fingerprint density at radius 2 is 2.06 bits per heavy atom. The summed E-state index contributed by atoms with van der Waals surface area (Å²) >= 11 is 0. The molecule has 1 aliphatic carbocycles. The zero-order valence-electron chi connectivity index (χ0n) is 12.3. The quantitative estimate of drug-likeness (QED) is 0.669. The highest BCUT2D eigenvalue weighted by Gasteiger charge is 2.33. The number of nitrogens with one attached hydrogen (secondary N) is 1. The topological polar surface area (TPSA) is 24.5 Å². The number of methoxy groups -OCH3 is 1. The second kappa shape index (κ2) is 6.72. The van der Waals surface area contributed by atoms with Gasteiger partial charge in [0.2, 0.25) is 0 Å². The van der Waals surface area contributed by atoms with Crippen LogP contribution in [0.5, 0.6) is 0 Å². The number of hydrogen-bond acceptors (Lipinski definition) is 3. The van der Waals surface area contributed by atoms with Crippen molar-refractivity contribution in [2.75, 3.05) is 40.4 Å². The van der Waals surface area contributed by atoms with Crippen LogP contribution in [0.15, 0.2) is 0 Å². The number of hydrogen-bond donors (Lipinski definition) is 1. The van der Waals surface area contributed by atoms with E-state index < -0.39 is 0 Å². The molecule has 0 aromatic heterocycles. The summed E-state index contributed by atoms with van der Waals surface area (Å²) in [4.78, 5) is 2.61. The maximum atomic E-state index is 5.24. The van der Waals surface area contributed by atoms with E-state index in [1.54, 1.807) is 7.11 Å². The molecule has 0 saturated heterocycles. The fourth-order valence-electron chi connectivity index (χ4n) is 2.60. The van der Waals surface area contributed by atoms with E-state index in [2.05, 4.69) is 31.0 Å². The molecule has 1 atom stereocenters. The van der Waals surface area contributed by atoms with Crippen LogP contribution in [0.4, 0.5) is 0 Å². The Kier molecular flexibility index (Phi) is 5.90. The highest BCUT2D eigenvalue weighted by Crippen LogP contribution is 2.36. The largest absolute Gasteiger partial charge is 0.383 e. The molecule has 1 N–H and O–H groups in total. The third-order valence-electron chi connectivity index (χ3n) is 3.75. The van der Waals surface area contributed by atoms with Crippen LogP contribution in [-0.4, -0.2) is 51.3 Å². The average Bonchev–Trinajstić information content (AvgIpc) is 3.06. The van der Waals surface area contributed by atoms with E-state index in [-0.39, 0.29) is 0 Å². The van der Waals surface area contributed by atoms with Crippen LogP contribution >= 0.6 is 0 Å². The van der Waals surface area contributed by atoms with Crippen molar-refractivity contribution < 1.29 is 4.74 Å². The summed E-state index contributed by atoms with van der Waals surface area (Å²) in [6.07, 6.45) is 2.83. The first-order chi connectivity index (χ1) is 8.00. The van der Waals surface area contributed by atoms with Gasteiger partial charge in [-0.15, -0.1) is 0 Å². The Morgan fingerprint density at radius 1 is 1.41 bits per heavy atom. The molecule has 3 nitrogen and oxygen atoms in total. The van der Waals surface area contributed by atoms with Gasteiger partial charge in [-0.2, -0.15) is 0 Å². The van der Waals surface area contributed by atoms with Crippen molar-refractivity contribution in [3.8, 4) is 0 Å². The summed E-state index contributed by atoms with van der Waals surface area (Å²) in [5.74, 6) is 0.928. The molecule has 0 aromatic carbocycles. The number of ether oxygens (including phenoxy) is 1. The lowest BCUT2D eigenvalue weighted by molar-refractivity contribution is 0.0837. The van der Waals surface area contributed by atoms with E-state index in [4.69, 9.17) is 4.74 Å². The van der Waals surface area contributed by atoms with Crippen LogP contribution in [0.2, 0.25) is 0 Å². The van der Waals surface area contributed by atoms with E-state index in [0.717, 1.165) is 32.2 Å². The second-order valence-corrected chi connectivity index (χ2v) is 6.24. The standard InChI is InChI=1S/C14H30N2O/c1-12(13-6-7-13)16(8-9-17-5)11-14(2,3)10-15-4/h12-13,15H,6-11H2,1-5H3. The summed E-state index contributed by atoms with van der Waals surface area (Å²) in [5.41, 5.74) is 0.325. The van der Waals surface area contributed by atoms with Crippen LogP contribution in [-0.2, 0) is 4.74 Å². The maximum Gasteiger partial charge on any atom is 0.0589 e. The molecule has 1 unspecified atom stereocenters. The first-order valence-corrected chi connectivity index (χ1v) is 6.88. The summed E-state index contributed by atoms with van der Waals surface area (Å²) in [7, 11) is 3.82. The molecule has 17 heavy (non-hydrogen) atoms. The van der Waals surface area contributed by atoms with Gasteiger partial charge in [0.05, 0.1) is 6.61 Å². The Hall–Kier alpha value is -0.120. The van der Waals surface area contributed by atoms with Crippen LogP contribution in [0, 0.1) is 11.3 Å². The Bertz CT molecular complexity index is 214. The monoisotopic (exact) mass is 242 g/mol. The summed E-state index contributed by atoms with van der Waals surface area (Å²) in [6, 6.07) is 0.710. The highest BCUT2D eigenvalue weighted by atomic mass is 16.5. The van der Waals surface area contributed by atoms with Gasteiger partial charge in [-0.25, -0.2) is 0 Å². The minimum Gasteiger partial charge on any atom is -0.383 e. The average molecular weight is 242 g/mol. The van der Waals surface area contributed by atoms with Gasteiger partial charge in [-0.05, 0) is 38.1 Å². The molecule has 0 radical (unpaired) electrons. The van der Waals surface area contributed by atoms with Crippen molar-refractivity contribution in [2.24, 2.45) is 11.3 Å². The van der Waals surface area contributed by atoms with Crippen molar-refractivity contribution >= 4 is 0 Å². The van der Waals surface area contributed by atoms with E-state index in [9.17, 15) is 0 Å². The highest BCUT2D eigenvalue weighted by molar-refractivity contribution is 4.87. The molecule has 0 aromatic rings. The SMILES string of the molecule is CNCC(C)(C)CN(CCOC)C(C)C1CC1. The van der Waals surface area contributed by atoms with Gasteiger partial charge in [0.25, 0.3) is 0 Å². The zero-order valence-corrected chi connectivity index (χ0v) is 12.3. The maximum absolute atomic E-state index is 5.24. The van der Waals surface area contributed by atoms with Crippen molar-refractivity contribution in [1.29, 1.82) is 0 Å². The van der Waals surface area contributed by atoms with Gasteiger partial charge in [0.15, 0.2) is 0 Å². The number of nitrogens with zero attached hydrogens (tertiary/aromatic N) is 1. The summed E-state index contributed by atoms with van der Waals surface area (Å²) < 4.78 is 5.24. The van der Waals surface area contributed by atoms with Gasteiger partial charge in [-0.1, -0.05) is 13.8 Å². The van der Waals surface area contributed by atoms with Crippen LogP contribution in [0.25, 0.3) is 0 Å². The van der Waals surface area contributed by atoms with E-state index >= 15 is 0 Å². The Morgan fingerprint density at radius 3 is 2.53 bits per heavy atom. The minimum atomic E-state index is 0.325. The smallest absolute Gasteiger partial charge is 0.0589 e. The van der Waals surface area contributed by atoms with Crippen molar-refractivity contribution in [3.63, 3.8) is 0 Å². The second-order valence-electron chi connectivity index (χ2n) is 6.24. The lowest BCUT2D eigenvalue weighted by Gasteiger charge is -2.36. The Labute approximate surface area is 107 Å². The third kappa shape index (κ3) is 5.36. The lowest BCUT2D eigenvalue weighted by Crippen LogP contribution is -2.45. The molecule has 0 heterocycles. The van der Waals surface area contributed by atoms with Crippen LogP contribution in [0.3, 0.4) is 0 Å². The predicted molar refractivity (Wildman–Crippen MR) is 73.3 cm³/mol. The molecule has 1 rings (SSSR count). The molecular formula is C14H30N2O. The molecule has 0 amide bonds. The van der Waals surface area contributed by atoms with Crippen LogP contribution in [0.1, 0.15) is 33.6 Å². The van der Waals surface area contributed by atoms with E-state index in [1.807, 2.05) is 7.05 Å². The molecule has 0 bridgehead atoms. The van der Waals surface area contributed by atoms with Crippen LogP contribution < -0.4 is 5.32 Å². The van der Waals surface area contributed by atoms with Gasteiger partial charge in [0.1, 0.15) is 0 Å². The summed E-state index contributed by atoms with van der Waals surface area (Å²) in [5, 5.41) is 3.30. The minimum absolute atomic E-state index is 0.325. The molecule has 1 aliphatic rings. The first kappa shape index (κ1) is 14.9. The van der Waals surface area contributed by atoms with Crippen molar-refractivity contribution in [2.45, 2.75) is 39.7 Å². The molecule has 1 saturated carbocycles. The third-order valence-corrected chi connectivity index (χ3v) is 3.75. The zero-order chi connectivity index (χ0) is 12.9. The molecule has 102 valence electrons. The van der Waals surface area contributed by atoms with Crippen molar-refractivity contribution in [1.82, 2.24) is 10.2 Å². The van der Waals surface area contributed by atoms with Crippen molar-refractivity contribution in [3.05, 3.63) is 0 Å². The van der Waals surface area contributed by atoms with Gasteiger partial charge in [-0.3, -0.25) is 4.90 Å². The van der Waals surface area contributed by atoms with Gasteiger partial charge >= 0.3 is 0 Å². The summed E-state index contributed by atoms with van der Waals surface area (Å²) in [6.45, 7) is 11.2. The van der Waals surface area contributed by atoms with E-state index in [0.29, 0.717) is 11.5 Å². The molecule has 0 aliphatic heterocycles. The molecular weight excluding hydrogens is 212 g/mol. The fourth-order valence-corrected chi connectivity index (χ4v) is 2.60. The molecule has 3 heteroatoms. The Balaban J connectivity index is 2.49. The van der Waals surface area contributed by atoms with Gasteiger partial charge in [0, 0.05) is 32.8 Å². The van der Waals surface area contributed by atoms with Gasteiger partial charge < -0.3 is 10.1 Å². The normalized spacial score (nSPS) is 18.7. The molecule has 1 fully saturated rings. The molecule has 0 spiro atoms. The lowest BCUT2D eigenvalue weighted by atomic mass is 9.91.